The number of benzene rings is 1. The fraction of sp³-hybridized carbons (Fsp3) is 0.292. The number of allylic oxidation sites excluding steroid dienone is 1. The number of Topliss-reactive ketones (excluding diaryl/α,β-unsaturated/α-hetero) is 1. The number of hydrogen-bond donors (Lipinski definition) is 2. The van der Waals surface area contributed by atoms with E-state index >= 15 is 0 Å². The van der Waals surface area contributed by atoms with Crippen LogP contribution in [0, 0.1) is 11.3 Å². The Morgan fingerprint density at radius 2 is 2.09 bits per heavy atom. The van der Waals surface area contributed by atoms with Gasteiger partial charge >= 0.3 is 0 Å². The predicted molar refractivity (Wildman–Crippen MR) is 128 cm³/mol. The van der Waals surface area contributed by atoms with Gasteiger partial charge in [-0.25, -0.2) is 4.98 Å². The maximum atomic E-state index is 12.8. The van der Waals surface area contributed by atoms with E-state index in [-0.39, 0.29) is 24.0 Å². The van der Waals surface area contributed by atoms with E-state index in [2.05, 4.69) is 22.2 Å². The molecule has 8 heteroatoms. The average molecular weight is 451 g/mol. The van der Waals surface area contributed by atoms with Crippen LogP contribution in [0.2, 0.25) is 0 Å². The molecule has 1 unspecified atom stereocenters. The van der Waals surface area contributed by atoms with Gasteiger partial charge in [-0.1, -0.05) is 19.1 Å². The van der Waals surface area contributed by atoms with Crippen molar-refractivity contribution in [1.29, 1.82) is 5.41 Å². The fourth-order valence-corrected chi connectivity index (χ4v) is 4.02. The molecule has 0 fully saturated rings. The van der Waals surface area contributed by atoms with Gasteiger partial charge in [0.05, 0.1) is 37.6 Å². The Balaban J connectivity index is 1.62. The van der Waals surface area contributed by atoms with Crippen LogP contribution < -0.4 is 5.32 Å². The van der Waals surface area contributed by atoms with Crippen molar-refractivity contribution in [3.05, 3.63) is 65.2 Å². The van der Waals surface area contributed by atoms with Crippen LogP contribution in [-0.4, -0.2) is 42.0 Å². The largest absolute Gasteiger partial charge is 0.494 e. The average Bonchev–Trinajstić information content (AvgIpc) is 2.79. The molecule has 1 amide bonds. The number of hydrogen-bond acceptors (Lipinski definition) is 7. The number of fused-ring (bicyclic) bond motifs is 1. The fourth-order valence-electron chi connectivity index (χ4n) is 3.36. The van der Waals surface area contributed by atoms with Gasteiger partial charge in [0.15, 0.2) is 11.5 Å². The molecule has 0 aliphatic heterocycles. The second kappa shape index (κ2) is 11.4. The Morgan fingerprint density at radius 1 is 1.31 bits per heavy atom. The summed E-state index contributed by atoms with van der Waals surface area (Å²) in [5.74, 6) is 1.23. The predicted octanol–water partition coefficient (Wildman–Crippen LogP) is 4.33. The lowest BCUT2D eigenvalue weighted by Gasteiger charge is -2.20. The summed E-state index contributed by atoms with van der Waals surface area (Å²) in [5.41, 5.74) is 2.18. The molecule has 1 aromatic carbocycles. The SMILES string of the molecule is CCSc1ccc(CC(=O)Nc2ccc3c(n2)CCC(C=N/C=C(\C=N)OC)C3=O)cc1. The number of methoxy groups -OCH3 is 1. The van der Waals surface area contributed by atoms with Gasteiger partial charge in [0.2, 0.25) is 5.91 Å². The number of amides is 1. The van der Waals surface area contributed by atoms with Gasteiger partial charge in [-0.15, -0.1) is 11.8 Å². The van der Waals surface area contributed by atoms with Gasteiger partial charge in [0.1, 0.15) is 5.82 Å². The number of pyridine rings is 1. The number of rotatable bonds is 9. The Bertz CT molecular complexity index is 1050. The number of anilines is 1. The third-order valence-electron chi connectivity index (χ3n) is 4.98. The Labute approximate surface area is 191 Å². The molecule has 0 radical (unpaired) electrons. The third kappa shape index (κ3) is 6.13. The topological polar surface area (TPSA) is 104 Å². The van der Waals surface area contributed by atoms with Crippen molar-refractivity contribution >= 4 is 41.7 Å². The molecule has 2 N–H and O–H groups in total. The van der Waals surface area contributed by atoms with Crippen LogP contribution in [-0.2, 0) is 22.4 Å². The minimum Gasteiger partial charge on any atom is -0.494 e. The molecule has 1 heterocycles. The molecule has 0 spiro atoms. The number of carbonyl (C=O) groups excluding carboxylic acids is 2. The Hall–Kier alpha value is -3.26. The van der Waals surface area contributed by atoms with E-state index in [0.29, 0.717) is 35.7 Å². The van der Waals surface area contributed by atoms with Crippen LogP contribution in [0.25, 0.3) is 0 Å². The minimum absolute atomic E-state index is 0.0485. The third-order valence-corrected chi connectivity index (χ3v) is 5.88. The van der Waals surface area contributed by atoms with Gasteiger partial charge in [-0.2, -0.15) is 0 Å². The van der Waals surface area contributed by atoms with E-state index < -0.39 is 0 Å². The summed E-state index contributed by atoms with van der Waals surface area (Å²) in [6, 6.07) is 11.3. The Morgan fingerprint density at radius 3 is 2.78 bits per heavy atom. The number of thioether (sulfide) groups is 1. The van der Waals surface area contributed by atoms with Gasteiger partial charge in [0.25, 0.3) is 0 Å². The number of nitrogens with zero attached hydrogens (tertiary/aromatic N) is 2. The molecule has 166 valence electrons. The van der Waals surface area contributed by atoms with Crippen molar-refractivity contribution in [3.8, 4) is 0 Å². The highest BCUT2D eigenvalue weighted by Gasteiger charge is 2.27. The van der Waals surface area contributed by atoms with E-state index in [1.165, 1.54) is 18.2 Å². The zero-order chi connectivity index (χ0) is 22.9. The normalized spacial score (nSPS) is 16.0. The van der Waals surface area contributed by atoms with E-state index in [1.807, 2.05) is 24.3 Å². The first kappa shape index (κ1) is 23.4. The molecule has 0 bridgehead atoms. The van der Waals surface area contributed by atoms with Crippen LogP contribution in [0.5, 0.6) is 0 Å². The molecule has 1 aliphatic rings. The summed E-state index contributed by atoms with van der Waals surface area (Å²) in [5, 5.41) is 10.0. The highest BCUT2D eigenvalue weighted by molar-refractivity contribution is 7.99. The van der Waals surface area contributed by atoms with Crippen LogP contribution >= 0.6 is 11.8 Å². The van der Waals surface area contributed by atoms with E-state index in [4.69, 9.17) is 10.1 Å². The van der Waals surface area contributed by atoms with Crippen LogP contribution in [0.15, 0.2) is 58.2 Å². The molecule has 32 heavy (non-hydrogen) atoms. The quantitative estimate of drug-likeness (QED) is 0.336. The molecule has 0 saturated carbocycles. The first-order valence-corrected chi connectivity index (χ1v) is 11.4. The van der Waals surface area contributed by atoms with Crippen LogP contribution in [0.1, 0.15) is 35.0 Å². The molecule has 0 saturated heterocycles. The molecule has 1 atom stereocenters. The number of ketones is 1. The van der Waals surface area contributed by atoms with Crippen LogP contribution in [0.3, 0.4) is 0 Å². The van der Waals surface area contributed by atoms with Gasteiger partial charge < -0.3 is 15.5 Å². The van der Waals surface area contributed by atoms with Crippen molar-refractivity contribution in [3.63, 3.8) is 0 Å². The second-order valence-corrected chi connectivity index (χ2v) is 8.52. The monoisotopic (exact) mass is 450 g/mol. The Kier molecular flexibility index (Phi) is 8.33. The van der Waals surface area contributed by atoms with Crippen molar-refractivity contribution in [1.82, 2.24) is 4.98 Å². The number of aromatic nitrogens is 1. The zero-order valence-electron chi connectivity index (χ0n) is 18.1. The first-order valence-electron chi connectivity index (χ1n) is 10.4. The summed E-state index contributed by atoms with van der Waals surface area (Å²) >= 11 is 1.76. The number of nitrogens with one attached hydrogen (secondary N) is 2. The molecule has 7 nitrogen and oxygen atoms in total. The lowest BCUT2D eigenvalue weighted by atomic mass is 9.86. The van der Waals surface area contributed by atoms with Gasteiger partial charge in [0, 0.05) is 16.7 Å². The maximum Gasteiger partial charge on any atom is 0.229 e. The molecule has 3 rings (SSSR count). The summed E-state index contributed by atoms with van der Waals surface area (Å²) in [6.45, 7) is 2.11. The molecular weight excluding hydrogens is 424 g/mol. The smallest absolute Gasteiger partial charge is 0.229 e. The molecule has 1 aromatic heterocycles. The highest BCUT2D eigenvalue weighted by Crippen LogP contribution is 2.25. The second-order valence-electron chi connectivity index (χ2n) is 7.18. The lowest BCUT2D eigenvalue weighted by molar-refractivity contribution is -0.115. The lowest BCUT2D eigenvalue weighted by Crippen LogP contribution is -2.25. The number of aliphatic imine (C=N–C) groups is 1. The van der Waals surface area contributed by atoms with E-state index in [9.17, 15) is 9.59 Å². The zero-order valence-corrected chi connectivity index (χ0v) is 18.9. The molecule has 1 aliphatic carbocycles. The molecular formula is C24H26N4O3S. The number of aryl methyl sites for hydroxylation is 1. The van der Waals surface area contributed by atoms with E-state index in [0.717, 1.165) is 17.5 Å². The minimum atomic E-state index is -0.348. The standard InChI is InChI=1S/C24H26N4O3S/c1-3-32-19-7-4-16(5-8-19)12-23(29)28-22-11-9-20-21(27-22)10-6-17(24(20)30)14-26-15-18(13-25)31-2/h4-5,7-9,11,13-15,17,25H,3,6,10,12H2,1-2H3,(H,27,28,29)/b18-15+,25-13?,26-14?. The first-order chi connectivity index (χ1) is 15.5. The van der Waals surface area contributed by atoms with Crippen molar-refractivity contribution in [2.75, 3.05) is 18.2 Å². The maximum absolute atomic E-state index is 12.8. The van der Waals surface area contributed by atoms with Crippen molar-refractivity contribution in [2.45, 2.75) is 31.1 Å². The van der Waals surface area contributed by atoms with Crippen molar-refractivity contribution < 1.29 is 14.3 Å². The van der Waals surface area contributed by atoms with Gasteiger partial charge in [-0.3, -0.25) is 14.6 Å². The van der Waals surface area contributed by atoms with Crippen molar-refractivity contribution in [2.24, 2.45) is 10.9 Å². The summed E-state index contributed by atoms with van der Waals surface area (Å²) in [4.78, 5) is 35.0. The van der Waals surface area contributed by atoms with Gasteiger partial charge in [-0.05, 0) is 48.4 Å². The van der Waals surface area contributed by atoms with E-state index in [1.54, 1.807) is 30.1 Å². The summed E-state index contributed by atoms with van der Waals surface area (Å²) in [6.07, 6.45) is 5.50. The molecule has 2 aromatic rings. The highest BCUT2D eigenvalue weighted by atomic mass is 32.2. The van der Waals surface area contributed by atoms with Crippen LogP contribution in [0.4, 0.5) is 5.82 Å². The number of ether oxygens (including phenoxy) is 1. The summed E-state index contributed by atoms with van der Waals surface area (Å²) in [7, 11) is 1.46. The number of carbonyl (C=O) groups is 2. The summed E-state index contributed by atoms with van der Waals surface area (Å²) < 4.78 is 4.94.